The summed E-state index contributed by atoms with van der Waals surface area (Å²) in [5.74, 6) is 1.79. The van der Waals surface area contributed by atoms with Crippen molar-refractivity contribution >= 4 is 12.0 Å². The second kappa shape index (κ2) is 5.43. The van der Waals surface area contributed by atoms with Gasteiger partial charge >= 0.3 is 0 Å². The molecule has 0 spiro atoms. The van der Waals surface area contributed by atoms with Crippen molar-refractivity contribution in [2.24, 2.45) is 12.0 Å². The molecule has 0 amide bonds. The van der Waals surface area contributed by atoms with Crippen LogP contribution < -0.4 is 4.74 Å². The number of nitrogens with one attached hydrogen (secondary N) is 1. The number of aryl methyl sites for hydroxylation is 2. The van der Waals surface area contributed by atoms with Gasteiger partial charge in [0.15, 0.2) is 0 Å². The third-order valence-corrected chi connectivity index (χ3v) is 4.03. The van der Waals surface area contributed by atoms with Crippen LogP contribution in [-0.4, -0.2) is 27.1 Å². The monoisotopic (exact) mass is 306 g/mol. The molecule has 1 atom stereocenters. The van der Waals surface area contributed by atoms with Crippen LogP contribution in [0.2, 0.25) is 0 Å². The molecule has 2 aromatic heterocycles. The molecule has 0 bridgehead atoms. The standard InChI is InChI=1S/C18H18N4O/c1-12-4-3-5-14(6-12)23-15-7-16-17(10-20-18(16)19-9-15)13-8-21-22(2)11-13/h3-6,8-11,15,20H,7H2,1-2H3. The molecule has 4 rings (SSSR count). The van der Waals surface area contributed by atoms with Crippen LogP contribution in [0.5, 0.6) is 5.75 Å². The Hall–Kier alpha value is -2.82. The van der Waals surface area contributed by atoms with Crippen molar-refractivity contribution in [3.63, 3.8) is 0 Å². The Bertz CT molecular complexity index is 875. The summed E-state index contributed by atoms with van der Waals surface area (Å²) in [7, 11) is 1.92. The van der Waals surface area contributed by atoms with Gasteiger partial charge in [-0.1, -0.05) is 12.1 Å². The van der Waals surface area contributed by atoms with Gasteiger partial charge < -0.3 is 9.72 Å². The predicted molar refractivity (Wildman–Crippen MR) is 90.4 cm³/mol. The van der Waals surface area contributed by atoms with Gasteiger partial charge in [0, 0.05) is 48.8 Å². The quantitative estimate of drug-likeness (QED) is 0.806. The molecule has 0 saturated heterocycles. The van der Waals surface area contributed by atoms with Crippen molar-refractivity contribution in [1.82, 2.24) is 14.8 Å². The summed E-state index contributed by atoms with van der Waals surface area (Å²) in [6.45, 7) is 2.06. The number of hydrogen-bond donors (Lipinski definition) is 1. The number of ether oxygens (including phenoxy) is 1. The van der Waals surface area contributed by atoms with Crippen LogP contribution in [0.4, 0.5) is 5.82 Å². The van der Waals surface area contributed by atoms with Crippen LogP contribution in [0.25, 0.3) is 11.1 Å². The summed E-state index contributed by atoms with van der Waals surface area (Å²) >= 11 is 0. The third kappa shape index (κ3) is 2.65. The zero-order valence-corrected chi connectivity index (χ0v) is 13.2. The van der Waals surface area contributed by atoms with E-state index < -0.39 is 0 Å². The Morgan fingerprint density at radius 1 is 1.35 bits per heavy atom. The van der Waals surface area contributed by atoms with Crippen molar-refractivity contribution in [1.29, 1.82) is 0 Å². The van der Waals surface area contributed by atoms with Gasteiger partial charge in [-0.25, -0.2) is 4.99 Å². The first kappa shape index (κ1) is 13.8. The number of benzene rings is 1. The number of hydrogen-bond acceptors (Lipinski definition) is 3. The first-order valence-electron chi connectivity index (χ1n) is 7.66. The highest BCUT2D eigenvalue weighted by atomic mass is 16.5. The minimum atomic E-state index is -0.0597. The van der Waals surface area contributed by atoms with E-state index in [1.807, 2.05) is 54.7 Å². The first-order valence-corrected chi connectivity index (χ1v) is 7.66. The number of fused-ring (bicyclic) bond motifs is 1. The molecule has 1 N–H and O–H groups in total. The molecule has 1 aliphatic heterocycles. The lowest BCUT2D eigenvalue weighted by Gasteiger charge is -2.19. The molecule has 1 unspecified atom stereocenters. The molecule has 0 saturated carbocycles. The molecule has 0 aliphatic carbocycles. The highest BCUT2D eigenvalue weighted by Crippen LogP contribution is 2.34. The Kier molecular flexibility index (Phi) is 3.26. The summed E-state index contributed by atoms with van der Waals surface area (Å²) in [5.41, 5.74) is 4.60. The lowest BCUT2D eigenvalue weighted by Crippen LogP contribution is -2.23. The second-order valence-electron chi connectivity index (χ2n) is 5.89. The van der Waals surface area contributed by atoms with Crippen LogP contribution in [0, 0.1) is 6.92 Å². The average molecular weight is 306 g/mol. The minimum Gasteiger partial charge on any atom is -0.484 e. The summed E-state index contributed by atoms with van der Waals surface area (Å²) in [4.78, 5) is 7.75. The Balaban J connectivity index is 1.60. The number of nitrogens with zero attached hydrogens (tertiary/aromatic N) is 3. The maximum atomic E-state index is 6.07. The van der Waals surface area contributed by atoms with Gasteiger partial charge in [-0.2, -0.15) is 5.10 Å². The molecule has 5 nitrogen and oxygen atoms in total. The molecular weight excluding hydrogens is 288 g/mol. The largest absolute Gasteiger partial charge is 0.484 e. The van der Waals surface area contributed by atoms with E-state index in [2.05, 4.69) is 28.1 Å². The highest BCUT2D eigenvalue weighted by Gasteiger charge is 2.22. The SMILES string of the molecule is Cc1cccc(OC2C=Nc3[nH]cc(-c4cnn(C)c4)c3C2)c1. The Morgan fingerprint density at radius 3 is 3.04 bits per heavy atom. The molecule has 0 radical (unpaired) electrons. The number of aliphatic imine (C=N–C) groups is 1. The summed E-state index contributed by atoms with van der Waals surface area (Å²) in [6, 6.07) is 8.10. The zero-order chi connectivity index (χ0) is 15.8. The smallest absolute Gasteiger partial charge is 0.138 e. The van der Waals surface area contributed by atoms with Crippen molar-refractivity contribution in [3.05, 3.63) is 54.0 Å². The topological polar surface area (TPSA) is 55.2 Å². The summed E-state index contributed by atoms with van der Waals surface area (Å²) < 4.78 is 7.88. The molecule has 1 aliphatic rings. The van der Waals surface area contributed by atoms with Gasteiger partial charge in [0.1, 0.15) is 17.7 Å². The van der Waals surface area contributed by atoms with E-state index in [1.54, 1.807) is 0 Å². The summed E-state index contributed by atoms with van der Waals surface area (Å²) in [5, 5.41) is 4.25. The van der Waals surface area contributed by atoms with Crippen LogP contribution in [0.1, 0.15) is 11.1 Å². The highest BCUT2D eigenvalue weighted by molar-refractivity contribution is 5.79. The minimum absolute atomic E-state index is 0.0597. The first-order chi connectivity index (χ1) is 11.2. The van der Waals surface area contributed by atoms with E-state index in [-0.39, 0.29) is 6.10 Å². The molecule has 1 aromatic carbocycles. The molecule has 23 heavy (non-hydrogen) atoms. The fourth-order valence-corrected chi connectivity index (χ4v) is 2.93. The number of H-pyrrole nitrogens is 1. The van der Waals surface area contributed by atoms with Crippen LogP contribution in [0.3, 0.4) is 0 Å². The van der Waals surface area contributed by atoms with Gasteiger partial charge in [0.25, 0.3) is 0 Å². The van der Waals surface area contributed by atoms with E-state index in [0.717, 1.165) is 29.1 Å². The van der Waals surface area contributed by atoms with Crippen LogP contribution in [0.15, 0.2) is 47.8 Å². The van der Waals surface area contributed by atoms with Crippen LogP contribution >= 0.6 is 0 Å². The number of aromatic amines is 1. The zero-order valence-electron chi connectivity index (χ0n) is 13.2. The lowest BCUT2D eigenvalue weighted by atomic mass is 10.0. The van der Waals surface area contributed by atoms with E-state index in [1.165, 1.54) is 11.1 Å². The molecule has 3 aromatic rings. The molecule has 5 heteroatoms. The Morgan fingerprint density at radius 2 is 2.26 bits per heavy atom. The van der Waals surface area contributed by atoms with E-state index >= 15 is 0 Å². The molecule has 0 fully saturated rings. The maximum absolute atomic E-state index is 6.07. The average Bonchev–Trinajstić information content (AvgIpc) is 3.13. The van der Waals surface area contributed by atoms with Gasteiger partial charge in [-0.05, 0) is 24.6 Å². The van der Waals surface area contributed by atoms with Crippen LogP contribution in [-0.2, 0) is 13.5 Å². The molecule has 3 heterocycles. The lowest BCUT2D eigenvalue weighted by molar-refractivity contribution is 0.271. The molecular formula is C18H18N4O. The van der Waals surface area contributed by atoms with Gasteiger partial charge in [-0.3, -0.25) is 4.68 Å². The van der Waals surface area contributed by atoms with E-state index in [9.17, 15) is 0 Å². The van der Waals surface area contributed by atoms with E-state index in [0.29, 0.717) is 0 Å². The van der Waals surface area contributed by atoms with Gasteiger partial charge in [-0.15, -0.1) is 0 Å². The number of rotatable bonds is 3. The number of aromatic nitrogens is 3. The van der Waals surface area contributed by atoms with Crippen molar-refractivity contribution in [2.45, 2.75) is 19.4 Å². The maximum Gasteiger partial charge on any atom is 0.138 e. The van der Waals surface area contributed by atoms with Crippen molar-refractivity contribution < 1.29 is 4.74 Å². The normalized spacial score (nSPS) is 16.3. The van der Waals surface area contributed by atoms with Gasteiger partial charge in [0.05, 0.1) is 6.20 Å². The van der Waals surface area contributed by atoms with Gasteiger partial charge in [0.2, 0.25) is 0 Å². The van der Waals surface area contributed by atoms with Crippen molar-refractivity contribution in [3.8, 4) is 16.9 Å². The summed E-state index contributed by atoms with van der Waals surface area (Å²) in [6.07, 6.45) is 8.48. The molecule has 116 valence electrons. The van der Waals surface area contributed by atoms with E-state index in [4.69, 9.17) is 4.74 Å². The second-order valence-corrected chi connectivity index (χ2v) is 5.89. The fraction of sp³-hybridized carbons (Fsp3) is 0.222. The Labute approximate surface area is 134 Å². The third-order valence-electron chi connectivity index (χ3n) is 4.03. The fourth-order valence-electron chi connectivity index (χ4n) is 2.93. The van der Waals surface area contributed by atoms with Crippen molar-refractivity contribution in [2.75, 3.05) is 0 Å². The predicted octanol–water partition coefficient (Wildman–Crippen LogP) is 3.43.